The fourth-order valence-electron chi connectivity index (χ4n) is 3.21. The molecule has 0 saturated heterocycles. The first-order chi connectivity index (χ1) is 12.6. The third-order valence-electron chi connectivity index (χ3n) is 4.84. The Morgan fingerprint density at radius 3 is 1.88 bits per heavy atom. The van der Waals surface area contributed by atoms with Gasteiger partial charge in [-0.1, -0.05) is 77.9 Å². The molecule has 1 rings (SSSR count). The van der Waals surface area contributed by atoms with Crippen LogP contribution in [-0.4, -0.2) is 25.2 Å². The fraction of sp³-hybridized carbons (Fsp3) is 0.818. The molecule has 0 aromatic heterocycles. The van der Waals surface area contributed by atoms with Gasteiger partial charge >= 0.3 is 11.9 Å². The smallest absolute Gasteiger partial charge is 0.310 e. The molecule has 0 N–H and O–H groups in total. The first-order valence-corrected chi connectivity index (χ1v) is 10.5. The van der Waals surface area contributed by atoms with Crippen LogP contribution in [0.2, 0.25) is 0 Å². The van der Waals surface area contributed by atoms with Crippen LogP contribution in [-0.2, 0) is 19.1 Å². The van der Waals surface area contributed by atoms with Gasteiger partial charge in [0.1, 0.15) is 0 Å². The molecule has 0 radical (unpaired) electrons. The Kier molecular flexibility index (Phi) is 12.1. The molecule has 0 fully saturated rings. The van der Waals surface area contributed by atoms with Gasteiger partial charge in [0.2, 0.25) is 0 Å². The highest BCUT2D eigenvalue weighted by Gasteiger charge is 2.36. The molecule has 2 unspecified atom stereocenters. The zero-order chi connectivity index (χ0) is 19.2. The normalized spacial score (nSPS) is 19.5. The van der Waals surface area contributed by atoms with Crippen LogP contribution in [0.25, 0.3) is 0 Å². The van der Waals surface area contributed by atoms with Crippen LogP contribution in [0.3, 0.4) is 0 Å². The van der Waals surface area contributed by atoms with Gasteiger partial charge in [0, 0.05) is 0 Å². The molecule has 0 spiro atoms. The monoisotopic (exact) mass is 366 g/mol. The van der Waals surface area contributed by atoms with Crippen LogP contribution in [0.4, 0.5) is 0 Å². The van der Waals surface area contributed by atoms with Crippen molar-refractivity contribution in [2.24, 2.45) is 17.8 Å². The highest BCUT2D eigenvalue weighted by Crippen LogP contribution is 2.28. The highest BCUT2D eigenvalue weighted by molar-refractivity contribution is 5.82. The van der Waals surface area contributed by atoms with Crippen molar-refractivity contribution in [1.82, 2.24) is 0 Å². The predicted molar refractivity (Wildman–Crippen MR) is 105 cm³/mol. The van der Waals surface area contributed by atoms with Crippen molar-refractivity contribution in [3.05, 3.63) is 12.2 Å². The van der Waals surface area contributed by atoms with Crippen LogP contribution in [0.1, 0.15) is 85.0 Å². The molecule has 0 aromatic rings. The summed E-state index contributed by atoms with van der Waals surface area (Å²) in [6.07, 6.45) is 14.8. The minimum Gasteiger partial charge on any atom is -0.465 e. The number of carbonyl (C=O) groups is 2. The van der Waals surface area contributed by atoms with Crippen LogP contribution in [0.5, 0.6) is 0 Å². The standard InChI is InChI=1S/C22H38O4/c1-4-5-6-7-8-9-10-13-16-25-21(23)19-14-11-12-15-20(19)22(24)26-17-18(2)3/h11-12,18-20H,4-10,13-17H2,1-3H3. The maximum absolute atomic E-state index is 12.4. The summed E-state index contributed by atoms with van der Waals surface area (Å²) >= 11 is 0. The predicted octanol–water partition coefficient (Wildman–Crippen LogP) is 5.45. The third-order valence-corrected chi connectivity index (χ3v) is 4.84. The molecule has 0 amide bonds. The molecule has 0 heterocycles. The van der Waals surface area contributed by atoms with E-state index in [-0.39, 0.29) is 11.9 Å². The van der Waals surface area contributed by atoms with Gasteiger partial charge in [-0.25, -0.2) is 0 Å². The zero-order valence-electron chi connectivity index (χ0n) is 17.0. The highest BCUT2D eigenvalue weighted by atomic mass is 16.5. The molecular formula is C22H38O4. The minimum atomic E-state index is -0.398. The van der Waals surface area contributed by atoms with Crippen molar-refractivity contribution in [3.63, 3.8) is 0 Å². The van der Waals surface area contributed by atoms with E-state index in [1.54, 1.807) is 0 Å². The van der Waals surface area contributed by atoms with E-state index in [9.17, 15) is 9.59 Å². The lowest BCUT2D eigenvalue weighted by Gasteiger charge is -2.25. The first kappa shape index (κ1) is 22.7. The lowest BCUT2D eigenvalue weighted by atomic mass is 9.83. The third kappa shape index (κ3) is 9.40. The first-order valence-electron chi connectivity index (χ1n) is 10.5. The number of esters is 2. The van der Waals surface area contributed by atoms with Crippen LogP contribution in [0, 0.1) is 17.8 Å². The summed E-state index contributed by atoms with van der Waals surface area (Å²) in [7, 11) is 0. The number of unbranched alkanes of at least 4 members (excludes halogenated alkanes) is 7. The van der Waals surface area contributed by atoms with Crippen molar-refractivity contribution in [2.45, 2.75) is 85.0 Å². The van der Waals surface area contributed by atoms with Gasteiger partial charge in [0.15, 0.2) is 0 Å². The van der Waals surface area contributed by atoms with Crippen LogP contribution < -0.4 is 0 Å². The van der Waals surface area contributed by atoms with E-state index in [0.717, 1.165) is 12.8 Å². The van der Waals surface area contributed by atoms with E-state index in [0.29, 0.717) is 32.0 Å². The summed E-state index contributed by atoms with van der Waals surface area (Å²) in [6.45, 7) is 7.10. The Bertz CT molecular complexity index is 428. The molecule has 0 aliphatic heterocycles. The maximum atomic E-state index is 12.4. The molecular weight excluding hydrogens is 328 g/mol. The molecule has 0 bridgehead atoms. The Hall–Kier alpha value is -1.32. The minimum absolute atomic E-state index is 0.246. The SMILES string of the molecule is CCCCCCCCCCOC(=O)C1CC=CCC1C(=O)OCC(C)C. The quantitative estimate of drug-likeness (QED) is 0.247. The van der Waals surface area contributed by atoms with E-state index in [2.05, 4.69) is 6.92 Å². The largest absolute Gasteiger partial charge is 0.465 e. The summed E-state index contributed by atoms with van der Waals surface area (Å²) in [5.41, 5.74) is 0. The second kappa shape index (κ2) is 13.8. The Labute approximate surface area is 159 Å². The van der Waals surface area contributed by atoms with Crippen molar-refractivity contribution in [3.8, 4) is 0 Å². The van der Waals surface area contributed by atoms with Crippen molar-refractivity contribution >= 4 is 11.9 Å². The molecule has 1 aliphatic carbocycles. The van der Waals surface area contributed by atoms with E-state index in [4.69, 9.17) is 9.47 Å². The van der Waals surface area contributed by atoms with Crippen molar-refractivity contribution in [1.29, 1.82) is 0 Å². The summed E-state index contributed by atoms with van der Waals surface area (Å²) in [5, 5.41) is 0. The molecule has 4 heteroatoms. The summed E-state index contributed by atoms with van der Waals surface area (Å²) < 4.78 is 10.8. The summed E-state index contributed by atoms with van der Waals surface area (Å²) in [4.78, 5) is 24.7. The summed E-state index contributed by atoms with van der Waals surface area (Å²) in [6, 6.07) is 0. The van der Waals surface area contributed by atoms with Crippen LogP contribution in [0.15, 0.2) is 12.2 Å². The number of carbonyl (C=O) groups excluding carboxylic acids is 2. The fourth-order valence-corrected chi connectivity index (χ4v) is 3.21. The number of ether oxygens (including phenoxy) is 2. The van der Waals surface area contributed by atoms with Gasteiger partial charge in [0.25, 0.3) is 0 Å². The second-order valence-electron chi connectivity index (χ2n) is 7.82. The Balaban J connectivity index is 2.24. The van der Waals surface area contributed by atoms with Gasteiger partial charge in [0.05, 0.1) is 25.0 Å². The van der Waals surface area contributed by atoms with Gasteiger partial charge in [-0.05, 0) is 25.2 Å². The zero-order valence-corrected chi connectivity index (χ0v) is 17.0. The molecule has 1 aliphatic rings. The number of hydrogen-bond acceptors (Lipinski definition) is 4. The molecule has 0 aromatic carbocycles. The van der Waals surface area contributed by atoms with Gasteiger partial charge in [-0.15, -0.1) is 0 Å². The topological polar surface area (TPSA) is 52.6 Å². The Morgan fingerprint density at radius 2 is 1.35 bits per heavy atom. The number of rotatable bonds is 13. The van der Waals surface area contributed by atoms with Gasteiger partial charge in [-0.3, -0.25) is 9.59 Å². The number of allylic oxidation sites excluding steroid dienone is 2. The molecule has 26 heavy (non-hydrogen) atoms. The van der Waals surface area contributed by atoms with E-state index < -0.39 is 11.8 Å². The van der Waals surface area contributed by atoms with E-state index in [1.165, 1.54) is 38.5 Å². The van der Waals surface area contributed by atoms with E-state index in [1.807, 2.05) is 26.0 Å². The molecule has 0 saturated carbocycles. The molecule has 150 valence electrons. The maximum Gasteiger partial charge on any atom is 0.310 e. The molecule has 2 atom stereocenters. The second-order valence-corrected chi connectivity index (χ2v) is 7.82. The number of hydrogen-bond donors (Lipinski definition) is 0. The summed E-state index contributed by atoms with van der Waals surface area (Å²) in [5.74, 6) is -1.01. The average molecular weight is 367 g/mol. The van der Waals surface area contributed by atoms with Crippen molar-refractivity contribution in [2.75, 3.05) is 13.2 Å². The van der Waals surface area contributed by atoms with Gasteiger partial charge in [-0.2, -0.15) is 0 Å². The molecule has 4 nitrogen and oxygen atoms in total. The average Bonchev–Trinajstić information content (AvgIpc) is 2.64. The van der Waals surface area contributed by atoms with Gasteiger partial charge < -0.3 is 9.47 Å². The lowest BCUT2D eigenvalue weighted by Crippen LogP contribution is -2.34. The Morgan fingerprint density at radius 1 is 0.846 bits per heavy atom. The van der Waals surface area contributed by atoms with Crippen molar-refractivity contribution < 1.29 is 19.1 Å². The van der Waals surface area contributed by atoms with Crippen LogP contribution >= 0.6 is 0 Å². The lowest BCUT2D eigenvalue weighted by molar-refractivity contribution is -0.161. The van der Waals surface area contributed by atoms with E-state index >= 15 is 0 Å².